The Morgan fingerprint density at radius 3 is 2.54 bits per heavy atom. The molecule has 3 aromatic rings. The molecule has 41 heavy (non-hydrogen) atoms. The lowest BCUT2D eigenvalue weighted by atomic mass is 9.97. The van der Waals surface area contributed by atoms with Crippen molar-refractivity contribution in [3.8, 4) is 0 Å². The average molecular weight is 560 g/mol. The molecular formula is C33H41N3O5. The van der Waals surface area contributed by atoms with Crippen LogP contribution in [0.15, 0.2) is 86.1 Å². The molecule has 1 aromatic heterocycles. The highest BCUT2D eigenvalue weighted by molar-refractivity contribution is 5.86. The van der Waals surface area contributed by atoms with Crippen molar-refractivity contribution in [2.45, 2.75) is 51.1 Å². The third kappa shape index (κ3) is 10.1. The molecule has 0 bridgehead atoms. The number of hydrogen-bond acceptors (Lipinski definition) is 5. The largest absolute Gasteiger partial charge is 0.463 e. The number of allylic oxidation sites excluding steroid dienone is 2. The van der Waals surface area contributed by atoms with Gasteiger partial charge in [0.05, 0.1) is 18.6 Å². The number of rotatable bonds is 18. The average Bonchev–Trinajstić information content (AvgIpc) is 3.38. The quantitative estimate of drug-likeness (QED) is 0.119. The summed E-state index contributed by atoms with van der Waals surface area (Å²) in [5.74, 6) is -1.53. The minimum atomic E-state index is -0.661. The van der Waals surface area contributed by atoms with E-state index < -0.39 is 12.0 Å². The first-order valence-corrected chi connectivity index (χ1v) is 14.1. The molecule has 3 N–H and O–H groups in total. The van der Waals surface area contributed by atoms with Crippen molar-refractivity contribution in [3.05, 3.63) is 97.2 Å². The second kappa shape index (κ2) is 16.8. The Balaban J connectivity index is 1.72. The zero-order valence-corrected chi connectivity index (χ0v) is 23.6. The fourth-order valence-electron chi connectivity index (χ4n) is 4.73. The zero-order valence-electron chi connectivity index (χ0n) is 23.6. The molecule has 0 aliphatic rings. The predicted molar refractivity (Wildman–Crippen MR) is 161 cm³/mol. The molecule has 0 spiro atoms. The Labute approximate surface area is 242 Å². The molecule has 8 heteroatoms. The van der Waals surface area contributed by atoms with Gasteiger partial charge in [0.25, 0.3) is 0 Å². The monoisotopic (exact) mass is 559 g/mol. The fourth-order valence-corrected chi connectivity index (χ4v) is 4.73. The number of aromatic nitrogens is 1. The highest BCUT2D eigenvalue weighted by Gasteiger charge is 2.27. The van der Waals surface area contributed by atoms with Crippen LogP contribution in [0.1, 0.15) is 43.2 Å². The third-order valence-corrected chi connectivity index (χ3v) is 6.90. The number of nitrogens with one attached hydrogen (secondary N) is 2. The van der Waals surface area contributed by atoms with Gasteiger partial charge in [0.1, 0.15) is 6.61 Å². The summed E-state index contributed by atoms with van der Waals surface area (Å²) in [5.41, 5.74) is 2.90. The van der Waals surface area contributed by atoms with Crippen LogP contribution >= 0.6 is 0 Å². The Kier molecular flexibility index (Phi) is 12.9. The second-order valence-corrected chi connectivity index (χ2v) is 10.1. The van der Waals surface area contributed by atoms with Crippen molar-refractivity contribution in [2.24, 2.45) is 5.92 Å². The van der Waals surface area contributed by atoms with Crippen molar-refractivity contribution < 1.29 is 24.2 Å². The lowest BCUT2D eigenvalue weighted by molar-refractivity contribution is -0.145. The standard InChI is InChI=1S/C33H41N3O5/c1-3-5-7-17-32(39)41-24-28(20-27-22-34-30-16-11-10-15-29(27)30)35-33(40)26(12-4-2)21-31(38)36(18-19-37)23-25-13-8-6-9-14-25/h3-4,6,8-11,13-16,22,26,28,34,37H,1-2,5,7,12,17-21,23-24H2,(H,35,40)/t26-,28+/m1/s1. The third-order valence-electron chi connectivity index (χ3n) is 6.90. The first-order chi connectivity index (χ1) is 19.9. The number of nitrogens with zero attached hydrogens (tertiary/aromatic N) is 1. The molecule has 2 amide bonds. The van der Waals surface area contributed by atoms with Gasteiger partial charge in [-0.3, -0.25) is 14.4 Å². The lowest BCUT2D eigenvalue weighted by Gasteiger charge is -2.26. The predicted octanol–water partition coefficient (Wildman–Crippen LogP) is 4.70. The Morgan fingerprint density at radius 1 is 1.05 bits per heavy atom. The number of aliphatic hydroxyl groups is 1. The molecule has 2 atom stereocenters. The fraction of sp³-hybridized carbons (Fsp3) is 0.364. The van der Waals surface area contributed by atoms with E-state index in [4.69, 9.17) is 4.74 Å². The SMILES string of the molecule is C=CCCCC(=O)OC[C@H](Cc1c[nH]c2ccccc12)NC(=O)[C@H](CC=C)CC(=O)N(CCO)Cc1ccccc1. The first kappa shape index (κ1) is 31.4. The highest BCUT2D eigenvalue weighted by atomic mass is 16.5. The van der Waals surface area contributed by atoms with Crippen LogP contribution in [0.2, 0.25) is 0 Å². The molecule has 0 saturated heterocycles. The molecule has 218 valence electrons. The van der Waals surface area contributed by atoms with Crippen LogP contribution in [0.5, 0.6) is 0 Å². The van der Waals surface area contributed by atoms with Crippen LogP contribution in [0.3, 0.4) is 0 Å². The van der Waals surface area contributed by atoms with Gasteiger partial charge in [0.15, 0.2) is 0 Å². The van der Waals surface area contributed by atoms with Crippen LogP contribution < -0.4 is 5.32 Å². The Morgan fingerprint density at radius 2 is 1.80 bits per heavy atom. The van der Waals surface area contributed by atoms with Gasteiger partial charge in [0.2, 0.25) is 11.8 Å². The summed E-state index contributed by atoms with van der Waals surface area (Å²) < 4.78 is 5.55. The molecule has 0 fully saturated rings. The van der Waals surface area contributed by atoms with Crippen molar-refractivity contribution >= 4 is 28.7 Å². The number of para-hydroxylation sites is 1. The van der Waals surface area contributed by atoms with Gasteiger partial charge in [0, 0.05) is 43.0 Å². The molecule has 1 heterocycles. The van der Waals surface area contributed by atoms with Crippen LogP contribution in [-0.4, -0.2) is 58.6 Å². The molecule has 0 aliphatic heterocycles. The zero-order chi connectivity index (χ0) is 29.5. The summed E-state index contributed by atoms with van der Waals surface area (Å²) in [4.78, 5) is 43.9. The second-order valence-electron chi connectivity index (χ2n) is 10.1. The number of H-pyrrole nitrogens is 1. The van der Waals surface area contributed by atoms with Gasteiger partial charge in [-0.1, -0.05) is 60.7 Å². The van der Waals surface area contributed by atoms with Crippen molar-refractivity contribution in [3.63, 3.8) is 0 Å². The summed E-state index contributed by atoms with van der Waals surface area (Å²) in [6.45, 7) is 7.80. The maximum atomic E-state index is 13.5. The van der Waals surface area contributed by atoms with E-state index >= 15 is 0 Å². The van der Waals surface area contributed by atoms with Crippen LogP contribution in [0.4, 0.5) is 0 Å². The number of hydrogen-bond donors (Lipinski definition) is 3. The number of esters is 1. The summed E-state index contributed by atoms with van der Waals surface area (Å²) in [7, 11) is 0. The van der Waals surface area contributed by atoms with E-state index in [1.54, 1.807) is 17.1 Å². The molecule has 3 rings (SSSR count). The van der Waals surface area contributed by atoms with Gasteiger partial charge >= 0.3 is 5.97 Å². The smallest absolute Gasteiger partial charge is 0.305 e. The number of aromatic amines is 1. The van der Waals surface area contributed by atoms with Gasteiger partial charge in [-0.25, -0.2) is 0 Å². The summed E-state index contributed by atoms with van der Waals surface area (Å²) >= 11 is 0. The van der Waals surface area contributed by atoms with E-state index in [2.05, 4.69) is 23.5 Å². The normalized spacial score (nSPS) is 12.3. The molecule has 0 saturated carbocycles. The first-order valence-electron chi connectivity index (χ1n) is 14.1. The maximum Gasteiger partial charge on any atom is 0.305 e. The van der Waals surface area contributed by atoms with Crippen LogP contribution in [0.25, 0.3) is 10.9 Å². The number of aliphatic hydroxyl groups excluding tert-OH is 1. The maximum absolute atomic E-state index is 13.5. The van der Waals surface area contributed by atoms with Crippen molar-refractivity contribution in [2.75, 3.05) is 19.8 Å². The Bertz CT molecular complexity index is 1290. The molecule has 0 unspecified atom stereocenters. The van der Waals surface area contributed by atoms with E-state index in [1.165, 1.54) is 0 Å². The summed E-state index contributed by atoms with van der Waals surface area (Å²) in [5, 5.41) is 13.6. The minimum Gasteiger partial charge on any atom is -0.463 e. The number of benzene rings is 2. The molecule has 8 nitrogen and oxygen atoms in total. The van der Waals surface area contributed by atoms with Crippen molar-refractivity contribution in [1.82, 2.24) is 15.2 Å². The van der Waals surface area contributed by atoms with Gasteiger partial charge in [-0.15, -0.1) is 13.2 Å². The Hall–Kier alpha value is -4.17. The van der Waals surface area contributed by atoms with Crippen molar-refractivity contribution in [1.29, 1.82) is 0 Å². The molecule has 0 radical (unpaired) electrons. The van der Waals surface area contributed by atoms with Crippen LogP contribution in [0, 0.1) is 5.92 Å². The topological polar surface area (TPSA) is 112 Å². The number of fused-ring (bicyclic) bond motifs is 1. The van der Waals surface area contributed by atoms with Gasteiger partial charge < -0.3 is 25.0 Å². The summed E-state index contributed by atoms with van der Waals surface area (Å²) in [6.07, 6.45) is 7.64. The number of carbonyl (C=O) groups excluding carboxylic acids is 3. The highest BCUT2D eigenvalue weighted by Crippen LogP contribution is 2.20. The number of unbranched alkanes of at least 4 members (excludes halogenated alkanes) is 1. The molecular weight excluding hydrogens is 518 g/mol. The number of amides is 2. The van der Waals surface area contributed by atoms with Gasteiger partial charge in [-0.05, 0) is 42.9 Å². The molecule has 0 aliphatic carbocycles. The van der Waals surface area contributed by atoms with E-state index in [9.17, 15) is 19.5 Å². The molecule has 2 aromatic carbocycles. The van der Waals surface area contributed by atoms with Gasteiger partial charge in [-0.2, -0.15) is 0 Å². The van der Waals surface area contributed by atoms with E-state index in [1.807, 2.05) is 60.8 Å². The number of ether oxygens (including phenoxy) is 1. The minimum absolute atomic E-state index is 0.0115. The lowest BCUT2D eigenvalue weighted by Crippen LogP contribution is -2.44. The van der Waals surface area contributed by atoms with Crippen LogP contribution in [-0.2, 0) is 32.1 Å². The number of carbonyl (C=O) groups is 3. The summed E-state index contributed by atoms with van der Waals surface area (Å²) in [6, 6.07) is 16.9. The van der Waals surface area contributed by atoms with E-state index in [0.29, 0.717) is 25.8 Å². The van der Waals surface area contributed by atoms with E-state index in [-0.39, 0.29) is 50.4 Å². The van der Waals surface area contributed by atoms with E-state index in [0.717, 1.165) is 28.5 Å².